The van der Waals surface area contributed by atoms with E-state index in [0.717, 1.165) is 15.4 Å². The van der Waals surface area contributed by atoms with E-state index >= 15 is 0 Å². The number of benzene rings is 4. The maximum atomic E-state index is 13.5. The Kier molecular flexibility index (Phi) is 8.29. The number of halogens is 1. The van der Waals surface area contributed by atoms with Crippen LogP contribution in [0.15, 0.2) is 107 Å². The number of sulfonamides is 2. The third kappa shape index (κ3) is 6.97. The van der Waals surface area contributed by atoms with Gasteiger partial charge in [0.1, 0.15) is 6.54 Å². The van der Waals surface area contributed by atoms with Crippen LogP contribution in [0.4, 0.5) is 17.1 Å². The Morgan fingerprint density at radius 3 is 1.74 bits per heavy atom. The molecule has 0 fully saturated rings. The summed E-state index contributed by atoms with van der Waals surface area (Å²) in [7, 11) is -7.93. The van der Waals surface area contributed by atoms with Crippen LogP contribution in [0.1, 0.15) is 11.1 Å². The molecule has 0 aromatic heterocycles. The molecule has 0 saturated heterocycles. The van der Waals surface area contributed by atoms with E-state index in [1.54, 1.807) is 60.7 Å². The summed E-state index contributed by atoms with van der Waals surface area (Å²) in [5.74, 6) is -0.596. The molecule has 202 valence electrons. The third-order valence-corrected chi connectivity index (χ3v) is 9.20. The molecular weight excluding hydrogens is 558 g/mol. The van der Waals surface area contributed by atoms with Crippen LogP contribution in [0.2, 0.25) is 5.02 Å². The van der Waals surface area contributed by atoms with E-state index in [0.29, 0.717) is 22.1 Å². The van der Waals surface area contributed by atoms with Crippen LogP contribution in [0.25, 0.3) is 0 Å². The number of aryl methyl sites for hydroxylation is 2. The van der Waals surface area contributed by atoms with Gasteiger partial charge in [0.05, 0.1) is 15.5 Å². The molecule has 0 bridgehead atoms. The molecule has 0 aliphatic carbocycles. The van der Waals surface area contributed by atoms with Crippen LogP contribution in [0, 0.1) is 13.8 Å². The zero-order chi connectivity index (χ0) is 28.2. The first kappa shape index (κ1) is 28.2. The average Bonchev–Trinajstić information content (AvgIpc) is 2.90. The summed E-state index contributed by atoms with van der Waals surface area (Å²) in [6.07, 6.45) is 0. The molecule has 4 aromatic rings. The van der Waals surface area contributed by atoms with Gasteiger partial charge in [0.25, 0.3) is 20.0 Å². The van der Waals surface area contributed by atoms with Gasteiger partial charge >= 0.3 is 0 Å². The van der Waals surface area contributed by atoms with Crippen LogP contribution in [-0.2, 0) is 24.8 Å². The standard InChI is InChI=1S/C28H26ClN3O5S2/c1-20-3-13-25(14-4-20)32(39(36,37)27-15-5-21(2)6-16-27)19-28(33)30-23-11-17-26(18-12-23)38(34,35)31-24-9-7-22(29)8-10-24/h3-18,31H,19H2,1-2H3,(H,30,33). The Labute approximate surface area is 233 Å². The van der Waals surface area contributed by atoms with Crippen LogP contribution in [0.5, 0.6) is 0 Å². The lowest BCUT2D eigenvalue weighted by Crippen LogP contribution is -2.38. The highest BCUT2D eigenvalue weighted by molar-refractivity contribution is 7.93. The second-order valence-electron chi connectivity index (χ2n) is 8.85. The number of anilines is 3. The Hall–Kier alpha value is -3.86. The number of nitrogens with one attached hydrogen (secondary N) is 2. The Bertz CT molecular complexity index is 1670. The maximum Gasteiger partial charge on any atom is 0.264 e. The minimum absolute atomic E-state index is 0.0151. The minimum Gasteiger partial charge on any atom is -0.325 e. The zero-order valence-electron chi connectivity index (χ0n) is 21.1. The molecule has 0 spiro atoms. The smallest absolute Gasteiger partial charge is 0.264 e. The average molecular weight is 584 g/mol. The lowest BCUT2D eigenvalue weighted by molar-refractivity contribution is -0.114. The normalized spacial score (nSPS) is 11.6. The molecule has 0 radical (unpaired) electrons. The fraction of sp³-hybridized carbons (Fsp3) is 0.107. The number of carbonyl (C=O) groups excluding carboxylic acids is 1. The van der Waals surface area contributed by atoms with Crippen LogP contribution in [0.3, 0.4) is 0 Å². The molecule has 2 N–H and O–H groups in total. The second-order valence-corrected chi connectivity index (χ2v) is 12.8. The molecule has 0 aliphatic rings. The quantitative estimate of drug-likeness (QED) is 0.267. The van der Waals surface area contributed by atoms with Crippen LogP contribution < -0.4 is 14.3 Å². The number of hydrogen-bond donors (Lipinski definition) is 2. The van der Waals surface area contributed by atoms with Crippen molar-refractivity contribution in [1.82, 2.24) is 0 Å². The molecule has 0 atom stereocenters. The molecule has 0 heterocycles. The van der Waals surface area contributed by atoms with Gasteiger partial charge in [-0.15, -0.1) is 0 Å². The summed E-state index contributed by atoms with van der Waals surface area (Å²) in [6, 6.07) is 25.0. The minimum atomic E-state index is -4.05. The number of nitrogens with zero attached hydrogens (tertiary/aromatic N) is 1. The Balaban J connectivity index is 1.52. The molecule has 11 heteroatoms. The van der Waals surface area contributed by atoms with E-state index < -0.39 is 32.5 Å². The van der Waals surface area contributed by atoms with Crippen LogP contribution in [-0.4, -0.2) is 29.3 Å². The highest BCUT2D eigenvalue weighted by atomic mass is 35.5. The molecule has 4 rings (SSSR count). The zero-order valence-corrected chi connectivity index (χ0v) is 23.5. The summed E-state index contributed by atoms with van der Waals surface area (Å²) in [5.41, 5.74) is 2.84. The molecule has 4 aromatic carbocycles. The Morgan fingerprint density at radius 2 is 1.18 bits per heavy atom. The first-order valence-corrected chi connectivity index (χ1v) is 15.1. The van der Waals surface area contributed by atoms with Gasteiger partial charge in [0, 0.05) is 16.4 Å². The summed E-state index contributed by atoms with van der Waals surface area (Å²) in [5, 5.41) is 3.12. The largest absolute Gasteiger partial charge is 0.325 e. The lowest BCUT2D eigenvalue weighted by atomic mass is 10.2. The lowest BCUT2D eigenvalue weighted by Gasteiger charge is -2.24. The fourth-order valence-electron chi connectivity index (χ4n) is 3.64. The van der Waals surface area contributed by atoms with E-state index in [1.165, 1.54) is 36.4 Å². The topological polar surface area (TPSA) is 113 Å². The van der Waals surface area contributed by atoms with Gasteiger partial charge < -0.3 is 5.32 Å². The summed E-state index contributed by atoms with van der Waals surface area (Å²) in [4.78, 5) is 13.0. The van der Waals surface area contributed by atoms with Gasteiger partial charge in [-0.05, 0) is 86.6 Å². The second kappa shape index (κ2) is 11.5. The van der Waals surface area contributed by atoms with E-state index in [-0.39, 0.29) is 9.79 Å². The van der Waals surface area contributed by atoms with Crippen molar-refractivity contribution >= 4 is 54.6 Å². The van der Waals surface area contributed by atoms with Gasteiger partial charge in [0.2, 0.25) is 5.91 Å². The molecule has 1 amide bonds. The van der Waals surface area contributed by atoms with E-state index in [9.17, 15) is 21.6 Å². The highest BCUT2D eigenvalue weighted by Crippen LogP contribution is 2.25. The molecule has 39 heavy (non-hydrogen) atoms. The fourth-order valence-corrected chi connectivity index (χ4v) is 6.25. The molecule has 0 aliphatic heterocycles. The van der Waals surface area contributed by atoms with Crippen molar-refractivity contribution in [3.05, 3.63) is 113 Å². The van der Waals surface area contributed by atoms with Crippen molar-refractivity contribution in [3.63, 3.8) is 0 Å². The van der Waals surface area contributed by atoms with Crippen molar-refractivity contribution in [2.75, 3.05) is 20.9 Å². The predicted octanol–water partition coefficient (Wildman–Crippen LogP) is 5.59. The van der Waals surface area contributed by atoms with E-state index in [4.69, 9.17) is 11.6 Å². The van der Waals surface area contributed by atoms with Crippen molar-refractivity contribution in [2.45, 2.75) is 23.6 Å². The van der Waals surface area contributed by atoms with Gasteiger partial charge in [-0.25, -0.2) is 16.8 Å². The van der Waals surface area contributed by atoms with Gasteiger partial charge in [-0.1, -0.05) is 47.0 Å². The number of amides is 1. The highest BCUT2D eigenvalue weighted by Gasteiger charge is 2.27. The van der Waals surface area contributed by atoms with E-state index in [1.807, 2.05) is 13.8 Å². The molecule has 0 unspecified atom stereocenters. The molecule has 8 nitrogen and oxygen atoms in total. The van der Waals surface area contributed by atoms with Crippen molar-refractivity contribution in [1.29, 1.82) is 0 Å². The molecule has 0 saturated carbocycles. The first-order chi connectivity index (χ1) is 18.4. The molecular formula is C28H26ClN3O5S2. The SMILES string of the molecule is Cc1ccc(N(CC(=O)Nc2ccc(S(=O)(=O)Nc3ccc(Cl)cc3)cc2)S(=O)(=O)c2ccc(C)cc2)cc1. The summed E-state index contributed by atoms with van der Waals surface area (Å²) < 4.78 is 55.9. The summed E-state index contributed by atoms with van der Waals surface area (Å²) in [6.45, 7) is 3.24. The van der Waals surface area contributed by atoms with Gasteiger partial charge in [0.15, 0.2) is 0 Å². The van der Waals surface area contributed by atoms with Gasteiger partial charge in [-0.3, -0.25) is 13.8 Å². The predicted molar refractivity (Wildman–Crippen MR) is 154 cm³/mol. The third-order valence-electron chi connectivity index (χ3n) is 5.76. The number of hydrogen-bond acceptors (Lipinski definition) is 5. The van der Waals surface area contributed by atoms with Crippen molar-refractivity contribution in [3.8, 4) is 0 Å². The first-order valence-electron chi connectivity index (χ1n) is 11.8. The van der Waals surface area contributed by atoms with E-state index in [2.05, 4.69) is 10.0 Å². The maximum absolute atomic E-state index is 13.5. The monoisotopic (exact) mass is 583 g/mol. The number of rotatable bonds is 9. The van der Waals surface area contributed by atoms with Gasteiger partial charge in [-0.2, -0.15) is 0 Å². The van der Waals surface area contributed by atoms with Crippen LogP contribution >= 0.6 is 11.6 Å². The Morgan fingerprint density at radius 1 is 0.692 bits per heavy atom. The van der Waals surface area contributed by atoms with Crippen molar-refractivity contribution in [2.24, 2.45) is 0 Å². The number of carbonyl (C=O) groups is 1. The van der Waals surface area contributed by atoms with Crippen molar-refractivity contribution < 1.29 is 21.6 Å². The summed E-state index contributed by atoms with van der Waals surface area (Å²) >= 11 is 5.84.